The van der Waals surface area contributed by atoms with Gasteiger partial charge in [0.05, 0.1) is 22.4 Å². The highest BCUT2D eigenvalue weighted by molar-refractivity contribution is 5.81. The molecular weight excluding hydrogens is 290 g/mol. The zero-order chi connectivity index (χ0) is 16.6. The molecule has 0 unspecified atom stereocenters. The average molecular weight is 309 g/mol. The van der Waals surface area contributed by atoms with Gasteiger partial charge in [0.25, 0.3) is 0 Å². The minimum absolute atomic E-state index is 0.424. The maximum Gasteiger partial charge on any atom is 0.419 e. The second kappa shape index (κ2) is 5.50. The van der Waals surface area contributed by atoms with Gasteiger partial charge >= 0.3 is 6.09 Å². The van der Waals surface area contributed by atoms with Crippen LogP contribution >= 0.6 is 0 Å². The molecule has 5 nitrogen and oxygen atoms in total. The van der Waals surface area contributed by atoms with Crippen LogP contribution in [0.5, 0.6) is 0 Å². The second-order valence-corrected chi connectivity index (χ2v) is 6.39. The Kier molecular flexibility index (Phi) is 3.64. The first-order valence-electron chi connectivity index (χ1n) is 7.49. The first-order chi connectivity index (χ1) is 10.8. The standard InChI is InChI=1S/C18H19N3O2/c1-12-16(20-14-9-6-5-8-13(14)19-12)15-10-7-11-21(15)17(22)23-18(2,3)4/h5-11H,1-4H3. The van der Waals surface area contributed by atoms with E-state index < -0.39 is 11.7 Å². The third-order valence-corrected chi connectivity index (χ3v) is 3.33. The average Bonchev–Trinajstić information content (AvgIpc) is 2.94. The molecule has 0 N–H and O–H groups in total. The summed E-state index contributed by atoms with van der Waals surface area (Å²) in [7, 11) is 0. The number of benzene rings is 1. The monoisotopic (exact) mass is 309 g/mol. The van der Waals surface area contributed by atoms with Gasteiger partial charge in [0.1, 0.15) is 11.3 Å². The number of rotatable bonds is 1. The lowest BCUT2D eigenvalue weighted by Crippen LogP contribution is -2.27. The number of carbonyl (C=O) groups excluding carboxylic acids is 1. The van der Waals surface area contributed by atoms with Gasteiger partial charge in [0.15, 0.2) is 0 Å². The minimum Gasteiger partial charge on any atom is -0.443 e. The number of carbonyl (C=O) groups is 1. The van der Waals surface area contributed by atoms with Crippen molar-refractivity contribution in [2.75, 3.05) is 0 Å². The van der Waals surface area contributed by atoms with E-state index in [1.165, 1.54) is 4.57 Å². The van der Waals surface area contributed by atoms with Gasteiger partial charge in [-0.1, -0.05) is 12.1 Å². The van der Waals surface area contributed by atoms with Crippen LogP contribution in [-0.2, 0) is 4.74 Å². The van der Waals surface area contributed by atoms with Crippen molar-refractivity contribution in [1.29, 1.82) is 0 Å². The number of para-hydroxylation sites is 2. The number of ether oxygens (including phenoxy) is 1. The fraction of sp³-hybridized carbons (Fsp3) is 0.278. The number of hydrogen-bond acceptors (Lipinski definition) is 4. The molecule has 118 valence electrons. The molecule has 0 atom stereocenters. The molecule has 0 aliphatic rings. The maximum atomic E-state index is 12.4. The summed E-state index contributed by atoms with van der Waals surface area (Å²) >= 11 is 0. The molecule has 0 radical (unpaired) electrons. The second-order valence-electron chi connectivity index (χ2n) is 6.39. The molecule has 0 aliphatic carbocycles. The van der Waals surface area contributed by atoms with E-state index in [-0.39, 0.29) is 0 Å². The smallest absolute Gasteiger partial charge is 0.419 e. The summed E-state index contributed by atoms with van der Waals surface area (Å²) in [5.74, 6) is 0. The molecule has 1 aromatic carbocycles. The van der Waals surface area contributed by atoms with Crippen molar-refractivity contribution < 1.29 is 9.53 Å². The third kappa shape index (κ3) is 3.08. The number of aromatic nitrogens is 3. The van der Waals surface area contributed by atoms with E-state index in [9.17, 15) is 4.79 Å². The van der Waals surface area contributed by atoms with E-state index in [1.54, 1.807) is 12.3 Å². The van der Waals surface area contributed by atoms with Crippen LogP contribution in [0.15, 0.2) is 42.6 Å². The molecular formula is C18H19N3O2. The molecule has 0 bridgehead atoms. The highest BCUT2D eigenvalue weighted by Gasteiger charge is 2.21. The van der Waals surface area contributed by atoms with E-state index >= 15 is 0 Å². The van der Waals surface area contributed by atoms with Crippen molar-refractivity contribution in [1.82, 2.24) is 14.5 Å². The van der Waals surface area contributed by atoms with Crippen LogP contribution in [0.1, 0.15) is 26.5 Å². The first kappa shape index (κ1) is 15.2. The zero-order valence-electron chi connectivity index (χ0n) is 13.7. The van der Waals surface area contributed by atoms with Crippen LogP contribution in [0.4, 0.5) is 4.79 Å². The molecule has 0 aliphatic heterocycles. The Morgan fingerprint density at radius 1 is 1.04 bits per heavy atom. The van der Waals surface area contributed by atoms with Gasteiger partial charge in [0, 0.05) is 6.20 Å². The summed E-state index contributed by atoms with van der Waals surface area (Å²) in [5, 5.41) is 0. The van der Waals surface area contributed by atoms with Crippen molar-refractivity contribution in [2.45, 2.75) is 33.3 Å². The molecule has 0 fully saturated rings. The van der Waals surface area contributed by atoms with Crippen LogP contribution in [-0.4, -0.2) is 26.2 Å². The van der Waals surface area contributed by atoms with Crippen molar-refractivity contribution in [3.63, 3.8) is 0 Å². The predicted octanol–water partition coefficient (Wildman–Crippen LogP) is 4.19. The Morgan fingerprint density at radius 2 is 1.70 bits per heavy atom. The highest BCUT2D eigenvalue weighted by atomic mass is 16.6. The lowest BCUT2D eigenvalue weighted by atomic mass is 10.2. The van der Waals surface area contributed by atoms with E-state index in [1.807, 2.05) is 58.0 Å². The summed E-state index contributed by atoms with van der Waals surface area (Å²) in [6, 6.07) is 11.3. The molecule has 3 aromatic rings. The van der Waals surface area contributed by atoms with Gasteiger partial charge in [-0.15, -0.1) is 0 Å². The molecule has 5 heteroatoms. The number of fused-ring (bicyclic) bond motifs is 1. The Bertz CT molecular complexity index is 875. The topological polar surface area (TPSA) is 57.0 Å². The molecule has 0 saturated carbocycles. The lowest BCUT2D eigenvalue weighted by Gasteiger charge is -2.20. The Labute approximate surface area is 134 Å². The molecule has 0 spiro atoms. The third-order valence-electron chi connectivity index (χ3n) is 3.33. The van der Waals surface area contributed by atoms with E-state index in [0.717, 1.165) is 16.7 Å². The Morgan fingerprint density at radius 3 is 2.35 bits per heavy atom. The molecule has 0 saturated heterocycles. The molecule has 0 amide bonds. The van der Waals surface area contributed by atoms with Crippen molar-refractivity contribution in [3.05, 3.63) is 48.3 Å². The van der Waals surface area contributed by atoms with Crippen LogP contribution in [0, 0.1) is 6.92 Å². The van der Waals surface area contributed by atoms with Crippen molar-refractivity contribution in [3.8, 4) is 11.4 Å². The highest BCUT2D eigenvalue weighted by Crippen LogP contribution is 2.24. The number of hydrogen-bond donors (Lipinski definition) is 0. The predicted molar refractivity (Wildman–Crippen MR) is 89.3 cm³/mol. The van der Waals surface area contributed by atoms with Gasteiger partial charge in [0.2, 0.25) is 0 Å². The zero-order valence-corrected chi connectivity index (χ0v) is 13.7. The normalized spacial score (nSPS) is 11.7. The van der Waals surface area contributed by atoms with Crippen molar-refractivity contribution >= 4 is 17.1 Å². The Hall–Kier alpha value is -2.69. The summed E-state index contributed by atoms with van der Waals surface area (Å²) in [5.41, 5.74) is 3.21. The lowest BCUT2D eigenvalue weighted by molar-refractivity contribution is 0.0540. The van der Waals surface area contributed by atoms with Gasteiger partial charge in [-0.05, 0) is 52.0 Å². The van der Waals surface area contributed by atoms with E-state index in [4.69, 9.17) is 4.74 Å². The van der Waals surface area contributed by atoms with Gasteiger partial charge < -0.3 is 4.74 Å². The quantitative estimate of drug-likeness (QED) is 0.676. The molecule has 3 rings (SSSR count). The first-order valence-corrected chi connectivity index (χ1v) is 7.49. The largest absolute Gasteiger partial charge is 0.443 e. The van der Waals surface area contributed by atoms with Crippen LogP contribution < -0.4 is 0 Å². The number of nitrogens with zero attached hydrogens (tertiary/aromatic N) is 3. The van der Waals surface area contributed by atoms with Gasteiger partial charge in [-0.3, -0.25) is 4.57 Å². The van der Waals surface area contributed by atoms with Crippen LogP contribution in [0.3, 0.4) is 0 Å². The minimum atomic E-state index is -0.553. The van der Waals surface area contributed by atoms with Crippen LogP contribution in [0.2, 0.25) is 0 Å². The molecule has 23 heavy (non-hydrogen) atoms. The van der Waals surface area contributed by atoms with E-state index in [0.29, 0.717) is 11.4 Å². The van der Waals surface area contributed by atoms with Gasteiger partial charge in [-0.2, -0.15) is 0 Å². The molecule has 2 heterocycles. The van der Waals surface area contributed by atoms with Gasteiger partial charge in [-0.25, -0.2) is 14.8 Å². The number of aryl methyl sites for hydroxylation is 1. The van der Waals surface area contributed by atoms with E-state index in [2.05, 4.69) is 9.97 Å². The SMILES string of the molecule is Cc1nc2ccccc2nc1-c1cccn1C(=O)OC(C)(C)C. The van der Waals surface area contributed by atoms with Crippen molar-refractivity contribution in [2.24, 2.45) is 0 Å². The fourth-order valence-corrected chi connectivity index (χ4v) is 2.38. The maximum absolute atomic E-state index is 12.4. The fourth-order valence-electron chi connectivity index (χ4n) is 2.38. The Balaban J connectivity index is 2.08. The molecule has 2 aromatic heterocycles. The summed E-state index contributed by atoms with van der Waals surface area (Å²) in [6.45, 7) is 7.42. The summed E-state index contributed by atoms with van der Waals surface area (Å²) in [4.78, 5) is 21.6. The van der Waals surface area contributed by atoms with Crippen LogP contribution in [0.25, 0.3) is 22.4 Å². The summed E-state index contributed by atoms with van der Waals surface area (Å²) < 4.78 is 6.92. The summed E-state index contributed by atoms with van der Waals surface area (Å²) in [6.07, 6.45) is 1.26.